The Morgan fingerprint density at radius 1 is 1.00 bits per heavy atom. The van der Waals surface area contributed by atoms with Crippen LogP contribution in [0.15, 0.2) is 0 Å². The first kappa shape index (κ1) is 6.09. The lowest BCUT2D eigenvalue weighted by Gasteiger charge is -2.49. The van der Waals surface area contributed by atoms with Gasteiger partial charge in [0.15, 0.2) is 0 Å². The average molecular weight is 114 g/mol. The van der Waals surface area contributed by atoms with Crippen LogP contribution in [0.4, 0.5) is 0 Å². The lowest BCUT2D eigenvalue weighted by Crippen LogP contribution is -2.52. The molecule has 0 aliphatic carbocycles. The van der Waals surface area contributed by atoms with Crippen LogP contribution in [0.3, 0.4) is 0 Å². The Balaban J connectivity index is 2.42. The van der Waals surface area contributed by atoms with E-state index in [9.17, 15) is 0 Å². The third-order valence-corrected chi connectivity index (χ3v) is 1.40. The molecule has 0 unspecified atom stereocenters. The quantitative estimate of drug-likeness (QED) is 0.468. The van der Waals surface area contributed by atoms with Gasteiger partial charge in [0.25, 0.3) is 0 Å². The van der Waals surface area contributed by atoms with Gasteiger partial charge in [0.1, 0.15) is 0 Å². The summed E-state index contributed by atoms with van der Waals surface area (Å²) in [6, 6.07) is 0. The Morgan fingerprint density at radius 3 is 1.25 bits per heavy atom. The fourth-order valence-electron chi connectivity index (χ4n) is 1.76. The normalized spacial score (nSPS) is 31.5. The minimum absolute atomic E-state index is 0.156. The summed E-state index contributed by atoms with van der Waals surface area (Å²) >= 11 is 0. The zero-order valence-corrected chi connectivity index (χ0v) is 6.12. The van der Waals surface area contributed by atoms with Crippen LogP contribution in [-0.4, -0.2) is 11.2 Å². The van der Waals surface area contributed by atoms with Gasteiger partial charge in [0.2, 0.25) is 0 Å². The largest absolute Gasteiger partial charge is 0.369 e. The fraction of sp³-hybridized carbons (Fsp3) is 1.00. The summed E-state index contributed by atoms with van der Waals surface area (Å²) in [6.07, 6.45) is 1.18. The summed E-state index contributed by atoms with van der Waals surface area (Å²) in [5.74, 6) is 0. The van der Waals surface area contributed by atoms with Crippen LogP contribution in [-0.2, 0) is 4.74 Å². The van der Waals surface area contributed by atoms with Gasteiger partial charge in [-0.25, -0.2) is 0 Å². The molecule has 8 heavy (non-hydrogen) atoms. The van der Waals surface area contributed by atoms with Crippen molar-refractivity contribution in [3.63, 3.8) is 0 Å². The van der Waals surface area contributed by atoms with Crippen molar-refractivity contribution in [3.8, 4) is 0 Å². The average Bonchev–Trinajstić information content (AvgIpc) is 1.20. The highest BCUT2D eigenvalue weighted by Crippen LogP contribution is 2.39. The molecule has 1 aliphatic rings. The van der Waals surface area contributed by atoms with E-state index in [0.717, 1.165) is 0 Å². The smallest absolute Gasteiger partial charge is 0.0661 e. The fourth-order valence-corrected chi connectivity index (χ4v) is 1.76. The molecule has 0 radical (unpaired) electrons. The van der Waals surface area contributed by atoms with E-state index in [1.54, 1.807) is 0 Å². The van der Waals surface area contributed by atoms with Crippen molar-refractivity contribution in [1.29, 1.82) is 0 Å². The highest BCUT2D eigenvalue weighted by Gasteiger charge is 2.43. The van der Waals surface area contributed by atoms with Crippen molar-refractivity contribution in [1.82, 2.24) is 0 Å². The van der Waals surface area contributed by atoms with Crippen molar-refractivity contribution in [2.24, 2.45) is 0 Å². The van der Waals surface area contributed by atoms with E-state index < -0.39 is 0 Å². The molecule has 1 heterocycles. The summed E-state index contributed by atoms with van der Waals surface area (Å²) in [6.45, 7) is 8.49. The second-order valence-corrected chi connectivity index (χ2v) is 3.80. The predicted octanol–water partition coefficient (Wildman–Crippen LogP) is 1.96. The second kappa shape index (κ2) is 1.27. The molecule has 0 aromatic heterocycles. The number of ether oxygens (including phenoxy) is 1. The molecule has 0 aromatic rings. The maximum absolute atomic E-state index is 5.51. The second-order valence-electron chi connectivity index (χ2n) is 3.80. The van der Waals surface area contributed by atoms with Gasteiger partial charge in [-0.2, -0.15) is 0 Å². The lowest BCUT2D eigenvalue weighted by molar-refractivity contribution is -0.237. The molecule has 0 spiro atoms. The van der Waals surface area contributed by atoms with Gasteiger partial charge in [-0.05, 0) is 27.7 Å². The molecule has 0 atom stereocenters. The van der Waals surface area contributed by atoms with Crippen LogP contribution in [0.1, 0.15) is 34.1 Å². The van der Waals surface area contributed by atoms with Gasteiger partial charge < -0.3 is 4.74 Å². The summed E-state index contributed by atoms with van der Waals surface area (Å²) < 4.78 is 5.51. The molecule has 0 aromatic carbocycles. The van der Waals surface area contributed by atoms with Gasteiger partial charge in [-0.15, -0.1) is 0 Å². The third kappa shape index (κ3) is 1.03. The van der Waals surface area contributed by atoms with Gasteiger partial charge >= 0.3 is 0 Å². The highest BCUT2D eigenvalue weighted by molar-refractivity contribution is 4.92. The first-order chi connectivity index (χ1) is 3.41. The van der Waals surface area contributed by atoms with E-state index in [-0.39, 0.29) is 11.2 Å². The van der Waals surface area contributed by atoms with Crippen LogP contribution in [0.25, 0.3) is 0 Å². The molecule has 0 N–H and O–H groups in total. The van der Waals surface area contributed by atoms with Crippen molar-refractivity contribution in [2.45, 2.75) is 45.3 Å². The molecule has 0 saturated carbocycles. The summed E-state index contributed by atoms with van der Waals surface area (Å²) in [4.78, 5) is 0. The van der Waals surface area contributed by atoms with Crippen molar-refractivity contribution in [3.05, 3.63) is 0 Å². The molecular formula is C7H14O. The zero-order chi connectivity index (χ0) is 6.41. The van der Waals surface area contributed by atoms with E-state index in [1.807, 2.05) is 0 Å². The summed E-state index contributed by atoms with van der Waals surface area (Å²) in [5, 5.41) is 0. The summed E-state index contributed by atoms with van der Waals surface area (Å²) in [5.41, 5.74) is 0.312. The van der Waals surface area contributed by atoms with Crippen molar-refractivity contribution < 1.29 is 4.74 Å². The zero-order valence-electron chi connectivity index (χ0n) is 6.12. The van der Waals surface area contributed by atoms with E-state index in [2.05, 4.69) is 27.7 Å². The third-order valence-electron chi connectivity index (χ3n) is 1.40. The Labute approximate surface area is 51.0 Å². The van der Waals surface area contributed by atoms with Crippen molar-refractivity contribution >= 4 is 0 Å². The molecule has 48 valence electrons. The highest BCUT2D eigenvalue weighted by atomic mass is 16.5. The molecule has 1 fully saturated rings. The SMILES string of the molecule is CC1(C)CC(C)(C)O1. The van der Waals surface area contributed by atoms with Gasteiger partial charge in [-0.1, -0.05) is 0 Å². The maximum Gasteiger partial charge on any atom is 0.0661 e. The number of hydrogen-bond acceptors (Lipinski definition) is 1. The number of rotatable bonds is 0. The lowest BCUT2D eigenvalue weighted by atomic mass is 9.84. The Morgan fingerprint density at radius 2 is 1.25 bits per heavy atom. The van der Waals surface area contributed by atoms with E-state index in [1.165, 1.54) is 6.42 Å². The molecule has 0 amide bonds. The Hall–Kier alpha value is -0.0400. The first-order valence-electron chi connectivity index (χ1n) is 3.12. The van der Waals surface area contributed by atoms with Gasteiger partial charge in [0.05, 0.1) is 11.2 Å². The predicted molar refractivity (Wildman–Crippen MR) is 33.9 cm³/mol. The number of hydrogen-bond donors (Lipinski definition) is 0. The molecule has 1 heteroatoms. The van der Waals surface area contributed by atoms with Crippen LogP contribution < -0.4 is 0 Å². The van der Waals surface area contributed by atoms with E-state index in [4.69, 9.17) is 4.74 Å². The molecule has 1 nitrogen and oxygen atoms in total. The van der Waals surface area contributed by atoms with Crippen LogP contribution in [0.2, 0.25) is 0 Å². The Bertz CT molecular complexity index is 81.0. The summed E-state index contributed by atoms with van der Waals surface area (Å²) in [7, 11) is 0. The molecule has 0 bridgehead atoms. The monoisotopic (exact) mass is 114 g/mol. The van der Waals surface area contributed by atoms with Gasteiger partial charge in [-0.3, -0.25) is 0 Å². The van der Waals surface area contributed by atoms with Gasteiger partial charge in [0, 0.05) is 6.42 Å². The maximum atomic E-state index is 5.51. The van der Waals surface area contributed by atoms with Crippen LogP contribution in [0.5, 0.6) is 0 Å². The molecule has 1 saturated heterocycles. The Kier molecular flexibility index (Phi) is 0.965. The van der Waals surface area contributed by atoms with Crippen molar-refractivity contribution in [2.75, 3.05) is 0 Å². The first-order valence-corrected chi connectivity index (χ1v) is 3.12. The standard InChI is InChI=1S/C7H14O/c1-6(2)5-7(3,4)8-6/h5H2,1-4H3. The molecule has 1 aliphatic heterocycles. The van der Waals surface area contributed by atoms with Crippen LogP contribution in [0, 0.1) is 0 Å². The van der Waals surface area contributed by atoms with Crippen LogP contribution >= 0.6 is 0 Å². The molecule has 1 rings (SSSR count). The minimum atomic E-state index is 0.156. The van der Waals surface area contributed by atoms with E-state index in [0.29, 0.717) is 0 Å². The van der Waals surface area contributed by atoms with E-state index >= 15 is 0 Å². The topological polar surface area (TPSA) is 9.23 Å². The minimum Gasteiger partial charge on any atom is -0.369 e. The molecular weight excluding hydrogens is 100 g/mol.